The first-order valence-electron chi connectivity index (χ1n) is 39.0. The molecule has 0 bridgehead atoms. The predicted octanol–water partition coefficient (Wildman–Crippen LogP) is 13.1. The van der Waals surface area contributed by atoms with E-state index in [0.29, 0.717) is 55.8 Å². The third-order valence-corrected chi connectivity index (χ3v) is 26.4. The molecule has 8 aromatic rings. The van der Waals surface area contributed by atoms with Crippen molar-refractivity contribution in [1.82, 2.24) is 30.7 Å². The summed E-state index contributed by atoms with van der Waals surface area (Å²) < 4.78 is 145. The van der Waals surface area contributed by atoms with Crippen LogP contribution in [0.25, 0.3) is 0 Å². The van der Waals surface area contributed by atoms with Gasteiger partial charge in [0.1, 0.15) is 80.9 Å². The molecule has 120 heavy (non-hydrogen) atoms. The van der Waals surface area contributed by atoms with Gasteiger partial charge in [0.2, 0.25) is 39.3 Å². The summed E-state index contributed by atoms with van der Waals surface area (Å²) in [6, 6.07) is 46.4. The van der Waals surface area contributed by atoms with Gasteiger partial charge in [-0.25, -0.2) is 52.8 Å². The van der Waals surface area contributed by atoms with Gasteiger partial charge in [-0.05, 0) is 222 Å². The number of carboxylic acid groups (broad SMARTS) is 1. The zero-order valence-electron chi connectivity index (χ0n) is 70.0. The van der Waals surface area contributed by atoms with E-state index in [4.69, 9.17) is 33.2 Å². The number of carbonyl (C=O) groups is 6. The topological polar surface area (TPSA) is 370 Å². The van der Waals surface area contributed by atoms with E-state index in [9.17, 15) is 67.5 Å². The lowest BCUT2D eigenvalue weighted by molar-refractivity contribution is 0.0204. The Morgan fingerprint density at radius 3 is 0.975 bits per heavy atom. The average Bonchev–Trinajstić information content (AvgIpc) is 0.763. The van der Waals surface area contributed by atoms with E-state index >= 15 is 0 Å². The number of amides is 5. The third kappa shape index (κ3) is 23.3. The number of aryl methyl sites for hydroxylation is 4. The van der Waals surface area contributed by atoms with Crippen molar-refractivity contribution in [2.45, 2.75) is 194 Å². The van der Waals surface area contributed by atoms with Crippen molar-refractivity contribution >= 4 is 75.4 Å². The fraction of sp³-hybridized carbons (Fsp3) is 0.386. The molecule has 0 aliphatic carbocycles. The number of hydrogen-bond acceptors (Lipinski definition) is 22. The predicted molar refractivity (Wildman–Crippen MR) is 449 cm³/mol. The molecule has 4 aliphatic rings. The summed E-state index contributed by atoms with van der Waals surface area (Å²) in [7, 11) is -5.88. The quantitative estimate of drug-likeness (QED) is 0.0546. The molecule has 0 saturated carbocycles. The second kappa shape index (κ2) is 39.0. The molecule has 4 atom stereocenters. The van der Waals surface area contributed by atoms with Gasteiger partial charge in [-0.3, -0.25) is 9.59 Å². The van der Waals surface area contributed by atoms with Crippen LogP contribution < -0.4 is 34.9 Å². The summed E-state index contributed by atoms with van der Waals surface area (Å²) in [5.41, 5.74) is 1.00. The third-order valence-electron chi connectivity index (χ3n) is 19.2. The second-order valence-electron chi connectivity index (χ2n) is 32.0. The summed E-state index contributed by atoms with van der Waals surface area (Å²) >= 11 is 0. The minimum absolute atomic E-state index is 0.000492. The van der Waals surface area contributed by atoms with Crippen LogP contribution >= 0.6 is 0 Å². The summed E-state index contributed by atoms with van der Waals surface area (Å²) in [4.78, 5) is 78.8. The average molecular weight is 1730 g/mol. The summed E-state index contributed by atoms with van der Waals surface area (Å²) in [6.07, 6.45) is 2.60. The van der Waals surface area contributed by atoms with Gasteiger partial charge >= 0.3 is 24.2 Å². The molecular weight excluding hydrogens is 1620 g/mol. The number of carbonyl (C=O) groups excluding carboxylic acids is 5. The number of nitrogens with one attached hydrogen (secondary N) is 3. The van der Waals surface area contributed by atoms with Crippen LogP contribution in [-0.2, 0) is 79.2 Å². The summed E-state index contributed by atoms with van der Waals surface area (Å²) in [5.74, 6) is -1.23. The van der Waals surface area contributed by atoms with Crippen LogP contribution in [0.1, 0.15) is 141 Å². The number of sulfone groups is 4. The van der Waals surface area contributed by atoms with Gasteiger partial charge in [-0.1, -0.05) is 97.1 Å². The number of hydrogen-bond donors (Lipinski definition) is 4. The highest BCUT2D eigenvalue weighted by atomic mass is 32.2. The Hall–Kier alpha value is -11.1. The van der Waals surface area contributed by atoms with Crippen molar-refractivity contribution in [3.05, 3.63) is 215 Å². The van der Waals surface area contributed by atoms with E-state index in [1.807, 2.05) is 27.8 Å². The Labute approximate surface area is 702 Å². The van der Waals surface area contributed by atoms with Crippen molar-refractivity contribution in [2.75, 3.05) is 68.5 Å². The molecule has 5 amide bonds. The molecule has 0 aromatic heterocycles. The first-order valence-corrected chi connectivity index (χ1v) is 44.9. The van der Waals surface area contributed by atoms with Crippen LogP contribution in [0.4, 0.5) is 14.4 Å². The van der Waals surface area contributed by atoms with Gasteiger partial charge in [0.15, 0.2) is 0 Å². The number of ether oxygens (including phenoxy) is 7. The Morgan fingerprint density at radius 2 is 0.658 bits per heavy atom. The van der Waals surface area contributed by atoms with Crippen LogP contribution in [0, 0.1) is 0 Å². The van der Waals surface area contributed by atoms with E-state index in [1.54, 1.807) is 184 Å². The molecule has 28 nitrogen and oxygen atoms in total. The van der Waals surface area contributed by atoms with E-state index < -0.39 is 110 Å². The number of likely N-dealkylation sites (N-methyl/N-ethyl adjacent to an activating group) is 4. The molecule has 644 valence electrons. The maximum absolute atomic E-state index is 13.3. The highest BCUT2D eigenvalue weighted by Gasteiger charge is 2.39. The molecule has 32 heteroatoms. The molecule has 8 aromatic carbocycles. The second-order valence-corrected chi connectivity index (χ2v) is 39.7. The normalized spacial score (nSPS) is 16.1. The van der Waals surface area contributed by atoms with Crippen molar-refractivity contribution in [3.8, 4) is 23.0 Å². The zero-order chi connectivity index (χ0) is 88.0. The minimum atomic E-state index is -4.07. The first-order chi connectivity index (χ1) is 56.4. The van der Waals surface area contributed by atoms with Gasteiger partial charge in [-0.15, -0.1) is 0 Å². The molecule has 4 aliphatic heterocycles. The van der Waals surface area contributed by atoms with Crippen LogP contribution in [0.5, 0.6) is 23.0 Å². The monoisotopic (exact) mass is 1730 g/mol. The molecule has 12 rings (SSSR count). The van der Waals surface area contributed by atoms with Gasteiger partial charge in [-0.2, -0.15) is 0 Å². The van der Waals surface area contributed by atoms with Crippen LogP contribution in [-0.4, -0.2) is 199 Å². The van der Waals surface area contributed by atoms with E-state index in [-0.39, 0.29) is 87.1 Å². The lowest BCUT2D eigenvalue weighted by Crippen LogP contribution is -2.41. The molecule has 4 N–H and O–H groups in total. The lowest BCUT2D eigenvalue weighted by atomic mass is 9.98. The number of nitrogens with zero attached hydrogens (tertiary/aromatic N) is 3. The Balaban J connectivity index is 0.000000183. The fourth-order valence-corrected chi connectivity index (χ4v) is 19.1. The standard InChI is InChI=1S/C24H30N2O6S.C23H27NO7S.C22H27NO5S.C19H22N2O4S/c1-24(2,3)32-23(28)26(5)15-17-13-11-16-12-14-19(20(21(16)31-17)22(27)25-4)33(29,30)18-9-7-6-8-10-18;1-23(2,3)31-22(27)24(4)14-16-12-10-15-11-13-18(19(21(25)26)20(15)30-16)32(28,29)17-8-6-5-7-9-17;1-22(2,3)28-21(24)23(4)15-17-12-10-16-11-13-19(14-20(16)27-17)29(25,26)18-8-6-5-7-9-18;1-20-12-14-10-8-13-9-11-16(17(18(13)25-14)19(22)21-2)26(23,24)15-6-4-3-5-7-15/h6-10,12,14,17H,11,13,15H2,1-5H3,(H,25,27);5-9,11,13,16H,10,12,14H2,1-4H3,(H,25,26);5-9,11,13-14,17H,10,12,15H2,1-4H3;3-7,9,11,14,20H,8,10,12H2,1-2H3,(H,21,22). The van der Waals surface area contributed by atoms with E-state index in [1.165, 1.54) is 83.4 Å². The van der Waals surface area contributed by atoms with Gasteiger partial charge in [0, 0.05) is 41.8 Å². The Bertz CT molecular complexity index is 5510. The van der Waals surface area contributed by atoms with Gasteiger partial charge < -0.3 is 68.9 Å². The fourth-order valence-electron chi connectivity index (χ4n) is 13.4. The van der Waals surface area contributed by atoms with Crippen LogP contribution in [0.2, 0.25) is 0 Å². The number of fused-ring (bicyclic) bond motifs is 4. The maximum atomic E-state index is 13.3. The number of benzene rings is 8. The maximum Gasteiger partial charge on any atom is 0.410 e. The van der Waals surface area contributed by atoms with Gasteiger partial charge in [0.05, 0.1) is 58.8 Å². The van der Waals surface area contributed by atoms with Crippen molar-refractivity contribution in [2.24, 2.45) is 0 Å². The molecule has 4 heterocycles. The van der Waals surface area contributed by atoms with E-state index in [2.05, 4.69) is 16.0 Å². The Morgan fingerprint density at radius 1 is 0.375 bits per heavy atom. The summed E-state index contributed by atoms with van der Waals surface area (Å²) in [5, 5.41) is 18.0. The molecule has 0 saturated heterocycles. The highest BCUT2D eigenvalue weighted by molar-refractivity contribution is 7.92. The number of rotatable bonds is 19. The van der Waals surface area contributed by atoms with Crippen molar-refractivity contribution in [3.63, 3.8) is 0 Å². The highest BCUT2D eigenvalue weighted by Crippen LogP contribution is 2.42. The number of aromatic carboxylic acids is 1. The van der Waals surface area contributed by atoms with E-state index in [0.717, 1.165) is 42.4 Å². The lowest BCUT2D eigenvalue weighted by Gasteiger charge is -2.32. The largest absolute Gasteiger partial charge is 0.488 e. The van der Waals surface area contributed by atoms with Crippen LogP contribution in [0.15, 0.2) is 215 Å². The molecule has 0 fully saturated rings. The van der Waals surface area contributed by atoms with Crippen LogP contribution in [0.3, 0.4) is 0 Å². The first kappa shape index (κ1) is 92.8. The Kier molecular flexibility index (Phi) is 30.2. The summed E-state index contributed by atoms with van der Waals surface area (Å²) in [6.45, 7) is 17.5. The zero-order valence-corrected chi connectivity index (χ0v) is 73.3. The van der Waals surface area contributed by atoms with Crippen molar-refractivity contribution in [1.29, 1.82) is 0 Å². The molecular formula is C88H106N6O22S4. The minimum Gasteiger partial charge on any atom is -0.488 e. The number of carboxylic acids is 1. The van der Waals surface area contributed by atoms with Gasteiger partial charge in [0.25, 0.3) is 11.8 Å². The molecule has 0 spiro atoms. The SMILES string of the molecule is CN(CC1CCc2ccc(S(=O)(=O)c3ccccc3)c(C(=O)O)c2O1)C(=O)OC(C)(C)C.CN(CC1CCc2ccc(S(=O)(=O)c3ccccc3)cc2O1)C(=O)OC(C)(C)C.CNC(=O)c1c(S(=O)(=O)c2ccccc2)ccc2c1OC(CN(C)C(=O)OC(C)(C)C)CC2.CNCC1CCc2ccc(S(=O)(=O)c3ccccc3)c(C(=O)NC)c2O1. The smallest absolute Gasteiger partial charge is 0.410 e. The molecule has 0 radical (unpaired) electrons. The molecule has 4 unspecified atom stereocenters. The van der Waals surface area contributed by atoms with Crippen molar-refractivity contribution < 1.29 is 101 Å².